The molecule has 0 bridgehead atoms. The number of aryl methyl sites for hydroxylation is 1. The third-order valence-corrected chi connectivity index (χ3v) is 2.92. The normalized spacial score (nSPS) is 10.6. The van der Waals surface area contributed by atoms with Gasteiger partial charge < -0.3 is 15.0 Å². The number of unbranched alkanes of at least 4 members (excludes halogenated alkanes) is 1. The van der Waals surface area contributed by atoms with Crippen molar-refractivity contribution in [2.75, 3.05) is 13.7 Å². The molecular formula is C14H19N3O. The van der Waals surface area contributed by atoms with Crippen LogP contribution in [0.1, 0.15) is 12.8 Å². The van der Waals surface area contributed by atoms with Gasteiger partial charge in [0.2, 0.25) is 0 Å². The lowest BCUT2D eigenvalue weighted by Gasteiger charge is -2.08. The maximum Gasteiger partial charge on any atom is 0.139 e. The molecule has 2 aromatic rings. The van der Waals surface area contributed by atoms with Gasteiger partial charge in [0.1, 0.15) is 11.6 Å². The van der Waals surface area contributed by atoms with Crippen molar-refractivity contribution in [3.05, 3.63) is 36.7 Å². The van der Waals surface area contributed by atoms with Crippen LogP contribution in [0.5, 0.6) is 5.75 Å². The molecule has 2 N–H and O–H groups in total. The molecule has 1 heterocycles. The summed E-state index contributed by atoms with van der Waals surface area (Å²) >= 11 is 0. The van der Waals surface area contributed by atoms with Gasteiger partial charge >= 0.3 is 0 Å². The summed E-state index contributed by atoms with van der Waals surface area (Å²) in [5.74, 6) is 1.86. The Hall–Kier alpha value is -1.81. The Kier molecular flexibility index (Phi) is 4.36. The van der Waals surface area contributed by atoms with Crippen molar-refractivity contribution in [1.82, 2.24) is 9.55 Å². The minimum absolute atomic E-state index is 0.743. The number of benzene rings is 1. The summed E-state index contributed by atoms with van der Waals surface area (Å²) in [7, 11) is 1.67. The van der Waals surface area contributed by atoms with Crippen LogP contribution in [0, 0.1) is 0 Å². The van der Waals surface area contributed by atoms with Gasteiger partial charge in [0.05, 0.1) is 7.11 Å². The molecule has 96 valence electrons. The highest BCUT2D eigenvalue weighted by Crippen LogP contribution is 2.21. The fourth-order valence-electron chi connectivity index (χ4n) is 1.92. The first-order chi connectivity index (χ1) is 8.85. The van der Waals surface area contributed by atoms with E-state index in [1.165, 1.54) is 0 Å². The molecule has 18 heavy (non-hydrogen) atoms. The average molecular weight is 245 g/mol. The Morgan fingerprint density at radius 3 is 2.67 bits per heavy atom. The zero-order valence-electron chi connectivity index (χ0n) is 10.7. The molecule has 0 atom stereocenters. The van der Waals surface area contributed by atoms with Crippen molar-refractivity contribution in [3.8, 4) is 17.1 Å². The topological polar surface area (TPSA) is 53.1 Å². The number of imidazole rings is 1. The lowest BCUT2D eigenvalue weighted by Crippen LogP contribution is -2.03. The molecule has 4 heteroatoms. The van der Waals surface area contributed by atoms with Crippen molar-refractivity contribution < 1.29 is 4.74 Å². The number of ether oxygens (including phenoxy) is 1. The van der Waals surface area contributed by atoms with Gasteiger partial charge in [-0.3, -0.25) is 0 Å². The molecule has 0 saturated carbocycles. The smallest absolute Gasteiger partial charge is 0.139 e. The monoisotopic (exact) mass is 245 g/mol. The van der Waals surface area contributed by atoms with Gasteiger partial charge in [-0.2, -0.15) is 0 Å². The van der Waals surface area contributed by atoms with E-state index in [1.54, 1.807) is 7.11 Å². The molecule has 1 aromatic carbocycles. The number of nitrogens with two attached hydrogens (primary N) is 1. The minimum atomic E-state index is 0.743. The van der Waals surface area contributed by atoms with Gasteiger partial charge in [0.25, 0.3) is 0 Å². The third-order valence-electron chi connectivity index (χ3n) is 2.92. The second-order valence-corrected chi connectivity index (χ2v) is 4.17. The van der Waals surface area contributed by atoms with E-state index in [1.807, 2.05) is 36.7 Å². The molecule has 0 amide bonds. The first kappa shape index (κ1) is 12.6. The molecular weight excluding hydrogens is 226 g/mol. The molecule has 0 saturated heterocycles. The van der Waals surface area contributed by atoms with Gasteiger partial charge in [0, 0.05) is 24.5 Å². The number of hydrogen-bond acceptors (Lipinski definition) is 3. The first-order valence-electron chi connectivity index (χ1n) is 6.21. The summed E-state index contributed by atoms with van der Waals surface area (Å²) in [6.07, 6.45) is 5.97. The maximum absolute atomic E-state index is 5.51. The highest BCUT2D eigenvalue weighted by molar-refractivity contribution is 5.56. The molecule has 2 rings (SSSR count). The summed E-state index contributed by atoms with van der Waals surface area (Å²) in [5.41, 5.74) is 6.62. The lowest BCUT2D eigenvalue weighted by atomic mass is 10.2. The maximum atomic E-state index is 5.51. The number of rotatable bonds is 6. The van der Waals surface area contributed by atoms with E-state index < -0.39 is 0 Å². The van der Waals surface area contributed by atoms with Gasteiger partial charge in [-0.1, -0.05) is 0 Å². The van der Waals surface area contributed by atoms with Crippen LogP contribution in [0.15, 0.2) is 36.7 Å². The van der Waals surface area contributed by atoms with Crippen LogP contribution in [0.25, 0.3) is 11.4 Å². The zero-order chi connectivity index (χ0) is 12.8. The highest BCUT2D eigenvalue weighted by Gasteiger charge is 2.05. The van der Waals surface area contributed by atoms with Gasteiger partial charge in [-0.25, -0.2) is 4.98 Å². The van der Waals surface area contributed by atoms with Crippen LogP contribution < -0.4 is 10.5 Å². The summed E-state index contributed by atoms with van der Waals surface area (Å²) < 4.78 is 7.32. The van der Waals surface area contributed by atoms with Gasteiger partial charge in [-0.05, 0) is 43.7 Å². The SMILES string of the molecule is COc1ccc(-c2nccn2CCCCN)cc1. The van der Waals surface area contributed by atoms with E-state index in [-0.39, 0.29) is 0 Å². The van der Waals surface area contributed by atoms with Crippen molar-refractivity contribution in [3.63, 3.8) is 0 Å². The van der Waals surface area contributed by atoms with E-state index in [0.29, 0.717) is 0 Å². The van der Waals surface area contributed by atoms with Crippen LogP contribution in [0.3, 0.4) is 0 Å². The fraction of sp³-hybridized carbons (Fsp3) is 0.357. The van der Waals surface area contributed by atoms with Gasteiger partial charge in [-0.15, -0.1) is 0 Å². The Morgan fingerprint density at radius 1 is 1.22 bits per heavy atom. The van der Waals surface area contributed by atoms with Crippen molar-refractivity contribution >= 4 is 0 Å². The first-order valence-corrected chi connectivity index (χ1v) is 6.21. The second-order valence-electron chi connectivity index (χ2n) is 4.17. The van der Waals surface area contributed by atoms with Crippen molar-refractivity contribution in [1.29, 1.82) is 0 Å². The Morgan fingerprint density at radius 2 is 2.00 bits per heavy atom. The van der Waals surface area contributed by atoms with Crippen LogP contribution in [0.4, 0.5) is 0 Å². The highest BCUT2D eigenvalue weighted by atomic mass is 16.5. The van der Waals surface area contributed by atoms with Crippen LogP contribution in [-0.4, -0.2) is 23.2 Å². The predicted octanol–water partition coefficient (Wildman–Crippen LogP) is 2.30. The zero-order valence-corrected chi connectivity index (χ0v) is 10.7. The number of hydrogen-bond donors (Lipinski definition) is 1. The summed E-state index contributed by atoms with van der Waals surface area (Å²) in [6, 6.07) is 7.96. The van der Waals surface area contributed by atoms with Gasteiger partial charge in [0.15, 0.2) is 0 Å². The summed E-state index contributed by atoms with van der Waals surface area (Å²) in [5, 5.41) is 0. The van der Waals surface area contributed by atoms with Crippen LogP contribution in [0.2, 0.25) is 0 Å². The quantitative estimate of drug-likeness (QED) is 0.794. The van der Waals surface area contributed by atoms with E-state index in [2.05, 4.69) is 9.55 Å². The standard InChI is InChI=1S/C14H19N3O/c1-18-13-6-4-12(5-7-13)14-16-9-11-17(14)10-3-2-8-15/h4-7,9,11H,2-3,8,10,15H2,1H3. The third kappa shape index (κ3) is 2.90. The van der Waals surface area contributed by atoms with Crippen molar-refractivity contribution in [2.24, 2.45) is 5.73 Å². The van der Waals surface area contributed by atoms with Crippen LogP contribution in [-0.2, 0) is 6.54 Å². The second kappa shape index (κ2) is 6.21. The summed E-state index contributed by atoms with van der Waals surface area (Å²) in [4.78, 5) is 4.41. The molecule has 0 unspecified atom stereocenters. The molecule has 0 fully saturated rings. The summed E-state index contributed by atoms with van der Waals surface area (Å²) in [6.45, 7) is 1.70. The predicted molar refractivity (Wildman–Crippen MR) is 72.5 cm³/mol. The van der Waals surface area contributed by atoms with E-state index in [0.717, 1.165) is 43.1 Å². The molecule has 0 aliphatic heterocycles. The molecule has 0 radical (unpaired) electrons. The minimum Gasteiger partial charge on any atom is -0.497 e. The largest absolute Gasteiger partial charge is 0.497 e. The van der Waals surface area contributed by atoms with E-state index in [9.17, 15) is 0 Å². The van der Waals surface area contributed by atoms with Crippen LogP contribution >= 0.6 is 0 Å². The number of aromatic nitrogens is 2. The molecule has 4 nitrogen and oxygen atoms in total. The number of nitrogens with zero attached hydrogens (tertiary/aromatic N) is 2. The lowest BCUT2D eigenvalue weighted by molar-refractivity contribution is 0.415. The van der Waals surface area contributed by atoms with E-state index in [4.69, 9.17) is 10.5 Å². The average Bonchev–Trinajstić information content (AvgIpc) is 2.88. The molecule has 0 aliphatic carbocycles. The number of methoxy groups -OCH3 is 1. The molecule has 0 aliphatic rings. The van der Waals surface area contributed by atoms with Crippen molar-refractivity contribution in [2.45, 2.75) is 19.4 Å². The Balaban J connectivity index is 2.14. The fourth-order valence-corrected chi connectivity index (χ4v) is 1.92. The molecule has 0 spiro atoms. The Bertz CT molecular complexity index is 476. The van der Waals surface area contributed by atoms with E-state index >= 15 is 0 Å². The Labute approximate surface area is 107 Å². The molecule has 1 aromatic heterocycles.